The molecule has 4 nitrogen and oxygen atoms in total. The zero-order valence-corrected chi connectivity index (χ0v) is 15.4. The minimum absolute atomic E-state index is 0.112. The van der Waals surface area contributed by atoms with Gasteiger partial charge in [0.15, 0.2) is 0 Å². The molecule has 132 valence electrons. The van der Waals surface area contributed by atoms with Gasteiger partial charge in [-0.15, -0.1) is 6.58 Å². The Morgan fingerprint density at radius 3 is 2.28 bits per heavy atom. The number of hydrogen-bond acceptors (Lipinski definition) is 3. The highest BCUT2D eigenvalue weighted by Gasteiger charge is 2.32. The minimum atomic E-state index is -3.77. The monoisotopic (exact) mass is 357 g/mol. The quantitative estimate of drug-likeness (QED) is 0.532. The van der Waals surface area contributed by atoms with Gasteiger partial charge in [0.25, 0.3) is 0 Å². The van der Waals surface area contributed by atoms with Crippen molar-refractivity contribution in [2.75, 3.05) is 13.7 Å². The molecule has 1 atom stereocenters. The van der Waals surface area contributed by atoms with E-state index in [-0.39, 0.29) is 11.4 Å². The minimum Gasteiger partial charge on any atom is -0.361 e. The molecule has 0 aromatic heterocycles. The summed E-state index contributed by atoms with van der Waals surface area (Å²) in [5.74, 6) is 0. The fourth-order valence-corrected chi connectivity index (χ4v) is 4.04. The smallest absolute Gasteiger partial charge is 0.245 e. The number of nitrogens with zero attached hydrogens (tertiary/aromatic N) is 1. The number of benzene rings is 2. The van der Waals surface area contributed by atoms with Crippen molar-refractivity contribution in [1.29, 1.82) is 0 Å². The molecular formula is C20H23NO3S. The fraction of sp³-hybridized carbons (Fsp3) is 0.200. The summed E-state index contributed by atoms with van der Waals surface area (Å²) in [7, 11) is -2.30. The molecule has 0 aliphatic rings. The Morgan fingerprint density at radius 1 is 1.16 bits per heavy atom. The van der Waals surface area contributed by atoms with Gasteiger partial charge < -0.3 is 4.74 Å². The second-order valence-electron chi connectivity index (χ2n) is 5.66. The van der Waals surface area contributed by atoms with Gasteiger partial charge in [0.2, 0.25) is 10.0 Å². The largest absolute Gasteiger partial charge is 0.361 e. The Morgan fingerprint density at radius 2 is 1.76 bits per heavy atom. The summed E-state index contributed by atoms with van der Waals surface area (Å²) in [5, 5.41) is 0. The summed E-state index contributed by atoms with van der Waals surface area (Å²) < 4.78 is 33.0. The van der Waals surface area contributed by atoms with Crippen molar-refractivity contribution in [2.45, 2.75) is 18.0 Å². The van der Waals surface area contributed by atoms with Crippen LogP contribution in [0.5, 0.6) is 0 Å². The molecule has 0 radical (unpaired) electrons. The highest BCUT2D eigenvalue weighted by Crippen LogP contribution is 2.27. The summed E-state index contributed by atoms with van der Waals surface area (Å²) in [6.07, 6.45) is 0.711. The third-order valence-electron chi connectivity index (χ3n) is 3.86. The van der Waals surface area contributed by atoms with Gasteiger partial charge in [-0.3, -0.25) is 0 Å². The Labute approximate surface area is 150 Å². The molecule has 0 saturated heterocycles. The molecule has 0 fully saturated rings. The van der Waals surface area contributed by atoms with Crippen LogP contribution >= 0.6 is 0 Å². The zero-order chi connectivity index (χ0) is 18.4. The molecule has 1 unspecified atom stereocenters. The highest BCUT2D eigenvalue weighted by molar-refractivity contribution is 7.89. The van der Waals surface area contributed by atoms with E-state index in [1.54, 1.807) is 24.3 Å². The van der Waals surface area contributed by atoms with Crippen LogP contribution in [0, 0.1) is 6.92 Å². The van der Waals surface area contributed by atoms with E-state index in [9.17, 15) is 8.42 Å². The molecule has 0 bridgehead atoms. The average molecular weight is 357 g/mol. The van der Waals surface area contributed by atoms with Crippen LogP contribution in [0.25, 0.3) is 5.57 Å². The molecule has 0 N–H and O–H groups in total. The predicted octanol–water partition coefficient (Wildman–Crippen LogP) is 3.86. The normalized spacial score (nSPS) is 12.8. The third-order valence-corrected chi connectivity index (χ3v) is 5.69. The summed E-state index contributed by atoms with van der Waals surface area (Å²) in [6.45, 7) is 9.76. The van der Waals surface area contributed by atoms with Crippen molar-refractivity contribution in [3.05, 3.63) is 85.0 Å². The van der Waals surface area contributed by atoms with Gasteiger partial charge in [0.1, 0.15) is 6.23 Å². The predicted molar refractivity (Wildman–Crippen MR) is 102 cm³/mol. The number of hydrogen-bond donors (Lipinski definition) is 0. The second kappa shape index (κ2) is 8.25. The van der Waals surface area contributed by atoms with E-state index in [1.807, 2.05) is 37.3 Å². The van der Waals surface area contributed by atoms with Crippen LogP contribution in [0.15, 0.2) is 78.7 Å². The lowest BCUT2D eigenvalue weighted by Crippen LogP contribution is -2.42. The molecule has 0 heterocycles. The highest BCUT2D eigenvalue weighted by atomic mass is 32.2. The summed E-state index contributed by atoms with van der Waals surface area (Å²) >= 11 is 0. The zero-order valence-electron chi connectivity index (χ0n) is 14.6. The molecule has 0 spiro atoms. The Bertz CT molecular complexity index is 827. The number of aryl methyl sites for hydroxylation is 1. The van der Waals surface area contributed by atoms with Gasteiger partial charge in [0.05, 0.1) is 4.90 Å². The van der Waals surface area contributed by atoms with Crippen molar-refractivity contribution in [2.24, 2.45) is 0 Å². The van der Waals surface area contributed by atoms with E-state index in [0.29, 0.717) is 5.57 Å². The van der Waals surface area contributed by atoms with E-state index in [0.717, 1.165) is 11.1 Å². The van der Waals surface area contributed by atoms with Crippen LogP contribution < -0.4 is 0 Å². The van der Waals surface area contributed by atoms with Crippen LogP contribution in [0.1, 0.15) is 11.1 Å². The number of ether oxygens (including phenoxy) is 1. The second-order valence-corrected chi connectivity index (χ2v) is 7.55. The first kappa shape index (κ1) is 19.1. The average Bonchev–Trinajstić information content (AvgIpc) is 2.62. The van der Waals surface area contributed by atoms with Gasteiger partial charge in [-0.2, -0.15) is 4.31 Å². The van der Waals surface area contributed by atoms with Gasteiger partial charge in [-0.1, -0.05) is 60.7 Å². The topological polar surface area (TPSA) is 46.6 Å². The molecule has 2 rings (SSSR count). The number of sulfonamides is 1. The van der Waals surface area contributed by atoms with E-state index in [4.69, 9.17) is 4.74 Å². The van der Waals surface area contributed by atoms with Crippen molar-refractivity contribution < 1.29 is 13.2 Å². The molecule has 2 aromatic rings. The fourth-order valence-electron chi connectivity index (χ4n) is 2.52. The van der Waals surface area contributed by atoms with E-state index < -0.39 is 16.3 Å². The molecule has 0 aliphatic carbocycles. The Kier molecular flexibility index (Phi) is 6.31. The van der Waals surface area contributed by atoms with Crippen LogP contribution in [-0.4, -0.2) is 32.6 Å². The van der Waals surface area contributed by atoms with Gasteiger partial charge in [-0.25, -0.2) is 8.42 Å². The SMILES string of the molecule is C=CCN(C(OC)C(=C)c1ccccc1)S(=O)(=O)c1ccc(C)cc1. The van der Waals surface area contributed by atoms with Crippen molar-refractivity contribution >= 4 is 15.6 Å². The van der Waals surface area contributed by atoms with Crippen LogP contribution in [0.4, 0.5) is 0 Å². The molecular weight excluding hydrogens is 334 g/mol. The molecule has 0 saturated carbocycles. The van der Waals surface area contributed by atoms with E-state index >= 15 is 0 Å². The van der Waals surface area contributed by atoms with Crippen molar-refractivity contribution in [3.8, 4) is 0 Å². The third kappa shape index (κ3) is 4.25. The van der Waals surface area contributed by atoms with Gasteiger partial charge in [-0.05, 0) is 30.2 Å². The van der Waals surface area contributed by atoms with Crippen LogP contribution in [-0.2, 0) is 14.8 Å². The standard InChI is InChI=1S/C20H23NO3S/c1-5-15-21(25(22,23)19-13-11-16(2)12-14-19)20(24-4)17(3)18-9-7-6-8-10-18/h5-14,20H,1,3,15H2,2,4H3. The summed E-state index contributed by atoms with van der Waals surface area (Å²) in [6, 6.07) is 16.1. The molecule has 2 aromatic carbocycles. The summed E-state index contributed by atoms with van der Waals surface area (Å²) in [5.41, 5.74) is 2.38. The molecule has 0 amide bonds. The van der Waals surface area contributed by atoms with Crippen LogP contribution in [0.2, 0.25) is 0 Å². The maximum atomic E-state index is 13.1. The van der Waals surface area contributed by atoms with Crippen molar-refractivity contribution in [3.63, 3.8) is 0 Å². The Balaban J connectivity index is 2.45. The maximum Gasteiger partial charge on any atom is 0.245 e. The summed E-state index contributed by atoms with van der Waals surface area (Å²) in [4.78, 5) is 0.211. The van der Waals surface area contributed by atoms with Gasteiger partial charge in [0, 0.05) is 13.7 Å². The first-order valence-electron chi connectivity index (χ1n) is 7.88. The molecule has 0 aliphatic heterocycles. The van der Waals surface area contributed by atoms with E-state index in [1.165, 1.54) is 17.5 Å². The van der Waals surface area contributed by atoms with Crippen molar-refractivity contribution in [1.82, 2.24) is 4.31 Å². The number of methoxy groups -OCH3 is 1. The van der Waals surface area contributed by atoms with Crippen LogP contribution in [0.3, 0.4) is 0 Å². The Hall–Kier alpha value is -2.21. The lowest BCUT2D eigenvalue weighted by atomic mass is 10.1. The van der Waals surface area contributed by atoms with E-state index in [2.05, 4.69) is 13.2 Å². The first-order chi connectivity index (χ1) is 11.9. The van der Waals surface area contributed by atoms with Gasteiger partial charge >= 0.3 is 0 Å². The molecule has 25 heavy (non-hydrogen) atoms. The maximum absolute atomic E-state index is 13.1. The molecule has 5 heteroatoms. The first-order valence-corrected chi connectivity index (χ1v) is 9.32. The number of rotatable bonds is 8. The lowest BCUT2D eigenvalue weighted by Gasteiger charge is -2.30. The lowest BCUT2D eigenvalue weighted by molar-refractivity contribution is 0.0665.